The molecule has 1 N–H and O–H groups in total. The summed E-state index contributed by atoms with van der Waals surface area (Å²) in [6, 6.07) is 8.20. The van der Waals surface area contributed by atoms with Gasteiger partial charge >= 0.3 is 6.08 Å². The van der Waals surface area contributed by atoms with Gasteiger partial charge in [0.05, 0.1) is 6.61 Å². The molecule has 0 aromatic heterocycles. The number of aliphatic hydroxyl groups is 1. The van der Waals surface area contributed by atoms with E-state index in [-0.39, 0.29) is 6.61 Å². The lowest BCUT2D eigenvalue weighted by molar-refractivity contribution is 0.0909. The summed E-state index contributed by atoms with van der Waals surface area (Å²) < 4.78 is 29.5. The second kappa shape index (κ2) is 5.46. The minimum absolute atomic E-state index is 0.0938. The van der Waals surface area contributed by atoms with Crippen LogP contribution in [-0.4, -0.2) is 11.7 Å². The van der Waals surface area contributed by atoms with Gasteiger partial charge in [-0.1, -0.05) is 30.3 Å². The minimum Gasteiger partial charge on any atom is -0.490 e. The summed E-state index contributed by atoms with van der Waals surface area (Å²) in [5.74, 6) is -0.677. The molecule has 1 aromatic carbocycles. The highest BCUT2D eigenvalue weighted by atomic mass is 19.3. The Balaban J connectivity index is 2.92. The van der Waals surface area contributed by atoms with E-state index in [4.69, 9.17) is 4.74 Å². The number of hydrogen-bond acceptors (Lipinski definition) is 2. The van der Waals surface area contributed by atoms with Crippen molar-refractivity contribution in [3.05, 3.63) is 47.7 Å². The molecule has 1 aromatic rings. The number of rotatable bonds is 4. The van der Waals surface area contributed by atoms with Crippen LogP contribution in [0.2, 0.25) is 0 Å². The molecule has 0 aliphatic rings. The standard InChI is InChI=1S/C11H12F2O2/c1-2-15-10(11(12)13)9(14)8-6-4-3-5-7-8/h3-7,9,14H,2H2,1H3. The van der Waals surface area contributed by atoms with Crippen LogP contribution in [0.5, 0.6) is 0 Å². The van der Waals surface area contributed by atoms with Crippen molar-refractivity contribution in [1.82, 2.24) is 0 Å². The third-order valence-corrected chi connectivity index (χ3v) is 1.85. The first-order valence-electron chi connectivity index (χ1n) is 4.57. The van der Waals surface area contributed by atoms with E-state index < -0.39 is 17.9 Å². The fourth-order valence-electron chi connectivity index (χ4n) is 1.18. The van der Waals surface area contributed by atoms with Crippen molar-refractivity contribution < 1.29 is 18.6 Å². The number of ether oxygens (including phenoxy) is 1. The predicted octanol–water partition coefficient (Wildman–Crippen LogP) is 2.86. The first-order valence-corrected chi connectivity index (χ1v) is 4.57. The number of hydrogen-bond donors (Lipinski definition) is 1. The number of benzene rings is 1. The van der Waals surface area contributed by atoms with E-state index in [9.17, 15) is 13.9 Å². The van der Waals surface area contributed by atoms with Gasteiger partial charge in [0.1, 0.15) is 6.10 Å². The highest BCUT2D eigenvalue weighted by Gasteiger charge is 2.19. The maximum Gasteiger partial charge on any atom is 0.310 e. The Kier molecular flexibility index (Phi) is 4.24. The molecule has 1 rings (SSSR count). The van der Waals surface area contributed by atoms with Gasteiger partial charge in [-0.25, -0.2) is 0 Å². The van der Waals surface area contributed by atoms with Crippen LogP contribution in [0.25, 0.3) is 0 Å². The molecule has 0 amide bonds. The molecule has 0 aliphatic heterocycles. The Morgan fingerprint density at radius 1 is 1.33 bits per heavy atom. The Labute approximate surface area is 86.8 Å². The molecule has 1 atom stereocenters. The summed E-state index contributed by atoms with van der Waals surface area (Å²) in [6.07, 6.45) is -3.40. The molecule has 0 bridgehead atoms. The maximum atomic E-state index is 12.4. The van der Waals surface area contributed by atoms with Crippen molar-refractivity contribution in [1.29, 1.82) is 0 Å². The largest absolute Gasteiger partial charge is 0.490 e. The average molecular weight is 214 g/mol. The zero-order valence-corrected chi connectivity index (χ0v) is 8.28. The smallest absolute Gasteiger partial charge is 0.310 e. The summed E-state index contributed by atoms with van der Waals surface area (Å²) in [4.78, 5) is 0. The first kappa shape index (κ1) is 11.7. The number of halogens is 2. The monoisotopic (exact) mass is 214 g/mol. The van der Waals surface area contributed by atoms with Crippen molar-refractivity contribution >= 4 is 0 Å². The second-order valence-corrected chi connectivity index (χ2v) is 2.87. The highest BCUT2D eigenvalue weighted by Crippen LogP contribution is 2.26. The third kappa shape index (κ3) is 3.02. The summed E-state index contributed by atoms with van der Waals surface area (Å²) in [5, 5.41) is 9.62. The van der Waals surface area contributed by atoms with Gasteiger partial charge in [-0.15, -0.1) is 0 Å². The van der Waals surface area contributed by atoms with Crippen LogP contribution >= 0.6 is 0 Å². The lowest BCUT2D eigenvalue weighted by Gasteiger charge is -2.14. The quantitative estimate of drug-likeness (QED) is 0.781. The molecule has 0 fully saturated rings. The highest BCUT2D eigenvalue weighted by molar-refractivity contribution is 5.23. The van der Waals surface area contributed by atoms with Gasteiger partial charge in [-0.3, -0.25) is 0 Å². The zero-order chi connectivity index (χ0) is 11.3. The summed E-state index contributed by atoms with van der Waals surface area (Å²) in [6.45, 7) is 1.68. The van der Waals surface area contributed by atoms with Crippen LogP contribution in [0.1, 0.15) is 18.6 Å². The molecule has 15 heavy (non-hydrogen) atoms. The third-order valence-electron chi connectivity index (χ3n) is 1.85. The Hall–Kier alpha value is -1.42. The van der Waals surface area contributed by atoms with E-state index in [0.29, 0.717) is 5.56 Å². The van der Waals surface area contributed by atoms with Crippen LogP contribution < -0.4 is 0 Å². The summed E-state index contributed by atoms with van der Waals surface area (Å²) in [7, 11) is 0. The Morgan fingerprint density at radius 3 is 2.40 bits per heavy atom. The van der Waals surface area contributed by atoms with Gasteiger partial charge < -0.3 is 9.84 Å². The molecule has 0 saturated carbocycles. The summed E-state index contributed by atoms with van der Waals surface area (Å²) >= 11 is 0. The lowest BCUT2D eigenvalue weighted by atomic mass is 10.1. The van der Waals surface area contributed by atoms with Crippen LogP contribution in [0.4, 0.5) is 8.78 Å². The normalized spacial score (nSPS) is 12.0. The maximum absolute atomic E-state index is 12.4. The molecule has 4 heteroatoms. The zero-order valence-electron chi connectivity index (χ0n) is 8.28. The Morgan fingerprint density at radius 2 is 1.93 bits per heavy atom. The van der Waals surface area contributed by atoms with Crippen LogP contribution in [0, 0.1) is 0 Å². The molecule has 0 aliphatic carbocycles. The van der Waals surface area contributed by atoms with E-state index in [2.05, 4.69) is 0 Å². The molecule has 2 nitrogen and oxygen atoms in total. The molecular weight excluding hydrogens is 202 g/mol. The van der Waals surface area contributed by atoms with Crippen LogP contribution in [0.3, 0.4) is 0 Å². The van der Waals surface area contributed by atoms with Gasteiger partial charge in [0.15, 0.2) is 5.76 Å². The second-order valence-electron chi connectivity index (χ2n) is 2.87. The van der Waals surface area contributed by atoms with Gasteiger partial charge in [0.2, 0.25) is 0 Å². The van der Waals surface area contributed by atoms with Crippen LogP contribution in [-0.2, 0) is 4.74 Å². The Bertz CT molecular complexity index is 332. The van der Waals surface area contributed by atoms with Gasteiger partial charge in [-0.05, 0) is 12.5 Å². The first-order chi connectivity index (χ1) is 7.16. The fraction of sp³-hybridized carbons (Fsp3) is 0.273. The van der Waals surface area contributed by atoms with Crippen molar-refractivity contribution in [2.24, 2.45) is 0 Å². The van der Waals surface area contributed by atoms with Crippen LogP contribution in [0.15, 0.2) is 42.2 Å². The number of aliphatic hydroxyl groups excluding tert-OH is 1. The van der Waals surface area contributed by atoms with Gasteiger partial charge in [0, 0.05) is 0 Å². The van der Waals surface area contributed by atoms with E-state index in [0.717, 1.165) is 0 Å². The van der Waals surface area contributed by atoms with E-state index in [1.807, 2.05) is 0 Å². The predicted molar refractivity (Wildman–Crippen MR) is 52.3 cm³/mol. The lowest BCUT2D eigenvalue weighted by Crippen LogP contribution is -2.06. The van der Waals surface area contributed by atoms with E-state index in [1.54, 1.807) is 37.3 Å². The topological polar surface area (TPSA) is 29.5 Å². The molecule has 0 radical (unpaired) electrons. The van der Waals surface area contributed by atoms with Crippen molar-refractivity contribution in [3.63, 3.8) is 0 Å². The molecule has 0 saturated heterocycles. The van der Waals surface area contributed by atoms with E-state index >= 15 is 0 Å². The molecular formula is C11H12F2O2. The van der Waals surface area contributed by atoms with Gasteiger partial charge in [-0.2, -0.15) is 8.78 Å². The van der Waals surface area contributed by atoms with Crippen molar-refractivity contribution in [3.8, 4) is 0 Å². The summed E-state index contributed by atoms with van der Waals surface area (Å²) in [5.41, 5.74) is 0.383. The fourth-order valence-corrected chi connectivity index (χ4v) is 1.18. The molecule has 82 valence electrons. The SMILES string of the molecule is CCOC(=C(F)F)C(O)c1ccccc1. The van der Waals surface area contributed by atoms with E-state index in [1.165, 1.54) is 0 Å². The molecule has 1 unspecified atom stereocenters. The van der Waals surface area contributed by atoms with Gasteiger partial charge in [0.25, 0.3) is 0 Å². The average Bonchev–Trinajstić information content (AvgIpc) is 2.26. The van der Waals surface area contributed by atoms with Crippen molar-refractivity contribution in [2.75, 3.05) is 6.61 Å². The molecule has 0 spiro atoms. The minimum atomic E-state index is -1.99. The van der Waals surface area contributed by atoms with Crippen molar-refractivity contribution in [2.45, 2.75) is 13.0 Å². The molecule has 0 heterocycles.